The third-order valence-electron chi connectivity index (χ3n) is 0.951. The molecule has 0 spiro atoms. The van der Waals surface area contributed by atoms with Crippen LogP contribution in [0.4, 0.5) is 0 Å². The van der Waals surface area contributed by atoms with Crippen molar-refractivity contribution in [1.29, 1.82) is 0 Å². The van der Waals surface area contributed by atoms with Crippen LogP contribution in [0.5, 0.6) is 0 Å². The second-order valence-electron chi connectivity index (χ2n) is 1.72. The minimum Gasteiger partial charge on any atom is -0.378 e. The number of nitrogens with one attached hydrogen (secondary N) is 2. The molecule has 0 bridgehead atoms. The van der Waals surface area contributed by atoms with Crippen LogP contribution in [0.15, 0.2) is 6.07 Å². The molecular weight excluding hydrogens is 136 g/mol. The number of aromatic nitrogens is 2. The highest BCUT2D eigenvalue weighted by Gasteiger charge is 1.89. The number of hydrogen-bond acceptors (Lipinski definition) is 2. The first-order valence-corrected chi connectivity index (χ1v) is 2.99. The van der Waals surface area contributed by atoms with Gasteiger partial charge in [0.2, 0.25) is 0 Å². The molecule has 9 heavy (non-hydrogen) atoms. The second-order valence-corrected chi connectivity index (χ2v) is 2.16. The van der Waals surface area contributed by atoms with E-state index in [0.29, 0.717) is 11.2 Å². The Balaban J connectivity index is 2.73. The zero-order valence-corrected chi connectivity index (χ0v) is 5.92. The highest BCUT2D eigenvalue weighted by molar-refractivity contribution is 7.71. The van der Waals surface area contributed by atoms with Crippen LogP contribution in [-0.2, 0) is 11.3 Å². The highest BCUT2D eigenvalue weighted by Crippen LogP contribution is 1.94. The van der Waals surface area contributed by atoms with E-state index < -0.39 is 0 Å². The van der Waals surface area contributed by atoms with Gasteiger partial charge in [-0.15, -0.1) is 0 Å². The molecule has 0 radical (unpaired) electrons. The molecule has 0 atom stereocenters. The van der Waals surface area contributed by atoms with Gasteiger partial charge in [-0.25, -0.2) is 0 Å². The minimum atomic E-state index is 0.577. The Hall–Kier alpha value is -0.610. The first kappa shape index (κ1) is 6.51. The van der Waals surface area contributed by atoms with Crippen molar-refractivity contribution >= 4 is 12.2 Å². The maximum atomic E-state index is 4.84. The van der Waals surface area contributed by atoms with Crippen LogP contribution < -0.4 is 0 Å². The Bertz CT molecular complexity index is 227. The molecule has 1 aromatic rings. The fraction of sp³-hybridized carbons (Fsp3) is 0.400. The molecule has 0 fully saturated rings. The number of aromatic amines is 2. The van der Waals surface area contributed by atoms with Crippen LogP contribution in [0.1, 0.15) is 5.69 Å². The number of methoxy groups -OCH3 is 1. The van der Waals surface area contributed by atoms with Gasteiger partial charge in [0.15, 0.2) is 0 Å². The molecule has 0 saturated carbocycles. The van der Waals surface area contributed by atoms with Gasteiger partial charge in [-0.1, -0.05) is 12.2 Å². The number of rotatable bonds is 2. The molecule has 0 aliphatic rings. The van der Waals surface area contributed by atoms with Crippen molar-refractivity contribution in [2.75, 3.05) is 7.11 Å². The Morgan fingerprint density at radius 3 is 2.89 bits per heavy atom. The van der Waals surface area contributed by atoms with Crippen LogP contribution in [0.25, 0.3) is 0 Å². The van der Waals surface area contributed by atoms with Gasteiger partial charge in [0.25, 0.3) is 0 Å². The topological polar surface area (TPSA) is 40.8 Å². The predicted molar refractivity (Wildman–Crippen MR) is 36.7 cm³/mol. The fourth-order valence-corrected chi connectivity index (χ4v) is 0.799. The van der Waals surface area contributed by atoms with Crippen molar-refractivity contribution in [3.05, 3.63) is 16.4 Å². The van der Waals surface area contributed by atoms with Crippen molar-refractivity contribution < 1.29 is 4.74 Å². The quantitative estimate of drug-likeness (QED) is 0.613. The molecule has 0 aliphatic carbocycles. The summed E-state index contributed by atoms with van der Waals surface area (Å²) in [6, 6.07) is 1.83. The summed E-state index contributed by atoms with van der Waals surface area (Å²) >= 11 is 4.80. The Morgan fingerprint density at radius 2 is 2.44 bits per heavy atom. The monoisotopic (exact) mass is 144 g/mol. The van der Waals surface area contributed by atoms with E-state index in [-0.39, 0.29) is 0 Å². The van der Waals surface area contributed by atoms with E-state index in [0.717, 1.165) is 5.69 Å². The van der Waals surface area contributed by atoms with Crippen LogP contribution in [-0.4, -0.2) is 17.3 Å². The molecule has 1 rings (SSSR count). The summed E-state index contributed by atoms with van der Waals surface area (Å²) in [6.07, 6.45) is 0. The summed E-state index contributed by atoms with van der Waals surface area (Å²) in [5.41, 5.74) is 0.975. The van der Waals surface area contributed by atoms with E-state index in [2.05, 4.69) is 10.2 Å². The molecule has 0 unspecified atom stereocenters. The predicted octanol–water partition coefficient (Wildman–Crippen LogP) is 1.22. The average molecular weight is 144 g/mol. The zero-order valence-electron chi connectivity index (χ0n) is 5.10. The SMILES string of the molecule is COCc1cc(=S)[nH][nH]1. The third kappa shape index (κ3) is 1.65. The summed E-state index contributed by atoms with van der Waals surface area (Å²) in [6.45, 7) is 0.577. The van der Waals surface area contributed by atoms with Crippen molar-refractivity contribution in [2.45, 2.75) is 6.61 Å². The first-order valence-electron chi connectivity index (χ1n) is 2.58. The lowest BCUT2D eigenvalue weighted by molar-refractivity contribution is 0.181. The van der Waals surface area contributed by atoms with Crippen molar-refractivity contribution in [1.82, 2.24) is 10.2 Å². The van der Waals surface area contributed by atoms with Crippen LogP contribution >= 0.6 is 12.2 Å². The van der Waals surface area contributed by atoms with Gasteiger partial charge in [-0.2, -0.15) is 0 Å². The van der Waals surface area contributed by atoms with E-state index in [4.69, 9.17) is 17.0 Å². The first-order chi connectivity index (χ1) is 4.33. The molecule has 0 saturated heterocycles. The van der Waals surface area contributed by atoms with E-state index in [9.17, 15) is 0 Å². The third-order valence-corrected chi connectivity index (χ3v) is 1.17. The summed E-state index contributed by atoms with van der Waals surface area (Å²) in [5, 5.41) is 5.62. The smallest absolute Gasteiger partial charge is 0.119 e. The number of ether oxygens (including phenoxy) is 1. The van der Waals surface area contributed by atoms with E-state index >= 15 is 0 Å². The van der Waals surface area contributed by atoms with Gasteiger partial charge in [0.05, 0.1) is 12.3 Å². The molecule has 1 aromatic heterocycles. The Kier molecular flexibility index (Phi) is 2.02. The van der Waals surface area contributed by atoms with Crippen molar-refractivity contribution in [3.63, 3.8) is 0 Å². The average Bonchev–Trinajstić information content (AvgIpc) is 2.17. The van der Waals surface area contributed by atoms with E-state index in [1.807, 2.05) is 6.07 Å². The molecule has 4 heteroatoms. The maximum absolute atomic E-state index is 4.84. The number of H-pyrrole nitrogens is 2. The lowest BCUT2D eigenvalue weighted by Gasteiger charge is -1.89. The Labute approximate surface area is 58.0 Å². The molecule has 2 N–H and O–H groups in total. The zero-order chi connectivity index (χ0) is 6.69. The van der Waals surface area contributed by atoms with Crippen molar-refractivity contribution in [3.8, 4) is 0 Å². The second kappa shape index (κ2) is 2.80. The van der Waals surface area contributed by atoms with Crippen LogP contribution in [0.3, 0.4) is 0 Å². The van der Waals surface area contributed by atoms with Crippen LogP contribution in [0, 0.1) is 4.64 Å². The minimum absolute atomic E-state index is 0.577. The molecule has 0 amide bonds. The summed E-state index contributed by atoms with van der Waals surface area (Å²) in [4.78, 5) is 0. The van der Waals surface area contributed by atoms with Gasteiger partial charge in [-0.05, 0) is 6.07 Å². The van der Waals surface area contributed by atoms with Gasteiger partial charge in [0.1, 0.15) is 4.64 Å². The molecule has 0 aliphatic heterocycles. The Morgan fingerprint density at radius 1 is 1.67 bits per heavy atom. The molecule has 1 heterocycles. The van der Waals surface area contributed by atoms with E-state index in [1.165, 1.54) is 0 Å². The summed E-state index contributed by atoms with van der Waals surface area (Å²) in [7, 11) is 1.64. The van der Waals surface area contributed by atoms with Gasteiger partial charge >= 0.3 is 0 Å². The lowest BCUT2D eigenvalue weighted by Crippen LogP contribution is -1.85. The van der Waals surface area contributed by atoms with Crippen LogP contribution in [0.2, 0.25) is 0 Å². The molecule has 0 aromatic carbocycles. The fourth-order valence-electron chi connectivity index (χ4n) is 0.606. The van der Waals surface area contributed by atoms with Gasteiger partial charge < -0.3 is 9.84 Å². The molecule has 50 valence electrons. The van der Waals surface area contributed by atoms with Crippen molar-refractivity contribution in [2.24, 2.45) is 0 Å². The maximum Gasteiger partial charge on any atom is 0.119 e. The normalized spacial score (nSPS) is 9.89. The highest BCUT2D eigenvalue weighted by atomic mass is 32.1. The standard InChI is InChI=1S/C5H8N2OS/c1-8-3-4-2-5(9)7-6-4/h2H,3H2,1H3,(H2,6,7,9). The largest absolute Gasteiger partial charge is 0.378 e. The van der Waals surface area contributed by atoms with Gasteiger partial charge in [0, 0.05) is 7.11 Å². The van der Waals surface area contributed by atoms with E-state index in [1.54, 1.807) is 7.11 Å². The van der Waals surface area contributed by atoms with Gasteiger partial charge in [-0.3, -0.25) is 5.10 Å². The lowest BCUT2D eigenvalue weighted by atomic mass is 10.5. The summed E-state index contributed by atoms with van der Waals surface area (Å²) < 4.78 is 5.55. The summed E-state index contributed by atoms with van der Waals surface area (Å²) in [5.74, 6) is 0. The number of hydrogen-bond donors (Lipinski definition) is 2. The molecular formula is C5H8N2OS. The molecule has 3 nitrogen and oxygen atoms in total.